The van der Waals surface area contributed by atoms with Crippen LogP contribution in [0.3, 0.4) is 0 Å². The van der Waals surface area contributed by atoms with Crippen LogP contribution in [0.2, 0.25) is 0 Å². The van der Waals surface area contributed by atoms with Gasteiger partial charge in [0.05, 0.1) is 23.0 Å². The van der Waals surface area contributed by atoms with Gasteiger partial charge in [0.1, 0.15) is 5.76 Å². The number of aryl methyl sites for hydroxylation is 2. The highest BCUT2D eigenvalue weighted by molar-refractivity contribution is 6.08. The first-order valence-electron chi connectivity index (χ1n) is 11.2. The maximum atomic E-state index is 13.2. The number of benzene rings is 2. The van der Waals surface area contributed by atoms with Gasteiger partial charge in [-0.1, -0.05) is 24.3 Å². The zero-order valence-electron chi connectivity index (χ0n) is 19.1. The van der Waals surface area contributed by atoms with Crippen molar-refractivity contribution in [3.05, 3.63) is 94.6 Å². The molecule has 2 aromatic carbocycles. The Hall–Kier alpha value is -4.19. The Labute approximate surface area is 197 Å². The Morgan fingerprint density at radius 2 is 1.85 bits per heavy atom. The van der Waals surface area contributed by atoms with E-state index in [0.29, 0.717) is 23.2 Å². The third-order valence-electron chi connectivity index (χ3n) is 5.85. The molecule has 170 valence electrons. The molecule has 1 amide bonds. The number of allylic oxidation sites excluding steroid dienone is 1. The molecule has 0 saturated carbocycles. The molecule has 0 bridgehead atoms. The number of pyridine rings is 1. The quantitative estimate of drug-likeness (QED) is 0.391. The van der Waals surface area contributed by atoms with Gasteiger partial charge >= 0.3 is 5.97 Å². The second-order valence-electron chi connectivity index (χ2n) is 8.52. The van der Waals surface area contributed by atoms with Crippen molar-refractivity contribution in [1.29, 1.82) is 0 Å². The van der Waals surface area contributed by atoms with Crippen molar-refractivity contribution in [3.8, 4) is 0 Å². The molecule has 1 aliphatic carbocycles. The van der Waals surface area contributed by atoms with Gasteiger partial charge in [-0.2, -0.15) is 0 Å². The van der Waals surface area contributed by atoms with Crippen molar-refractivity contribution in [2.45, 2.75) is 26.7 Å². The fourth-order valence-electron chi connectivity index (χ4n) is 4.50. The second kappa shape index (κ2) is 8.98. The number of amides is 1. The summed E-state index contributed by atoms with van der Waals surface area (Å²) in [7, 11) is 0. The number of hydrogen-bond acceptors (Lipinski definition) is 5. The van der Waals surface area contributed by atoms with Gasteiger partial charge in [-0.3, -0.25) is 4.79 Å². The topological polar surface area (TPSA) is 81.4 Å². The molecule has 0 fully saturated rings. The largest absolute Gasteiger partial charge is 0.465 e. The highest BCUT2D eigenvalue weighted by Crippen LogP contribution is 2.37. The minimum Gasteiger partial charge on any atom is -0.465 e. The van der Waals surface area contributed by atoms with E-state index in [2.05, 4.69) is 5.32 Å². The summed E-state index contributed by atoms with van der Waals surface area (Å²) in [6, 6.07) is 17.0. The van der Waals surface area contributed by atoms with Crippen molar-refractivity contribution in [2.75, 3.05) is 11.9 Å². The van der Waals surface area contributed by atoms with E-state index < -0.39 is 5.97 Å². The van der Waals surface area contributed by atoms with Gasteiger partial charge in [-0.05, 0) is 85.4 Å². The third kappa shape index (κ3) is 4.35. The summed E-state index contributed by atoms with van der Waals surface area (Å²) < 4.78 is 10.9. The van der Waals surface area contributed by atoms with Crippen LogP contribution in [0.25, 0.3) is 22.6 Å². The molecule has 5 rings (SSSR count). The van der Waals surface area contributed by atoms with Crippen LogP contribution in [0.1, 0.15) is 44.9 Å². The molecular weight excluding hydrogens is 428 g/mol. The van der Waals surface area contributed by atoms with E-state index in [0.717, 1.165) is 45.5 Å². The fraction of sp³-hybridized carbons (Fsp3) is 0.179. The standard InChI is InChI=1S/C28H24N2O4/c1-17-12-18(2)14-20(13-17)29-25(31)16-34-28(32)26-22-7-3-4-8-24(22)30-27-19(9-10-23(26)27)15-21-6-5-11-33-21/h3-8,11-15H,9-10,16H2,1-2H3,(H,29,31). The zero-order chi connectivity index (χ0) is 23.7. The minimum atomic E-state index is -0.523. The van der Waals surface area contributed by atoms with Crippen LogP contribution in [0, 0.1) is 13.8 Å². The van der Waals surface area contributed by atoms with Crippen molar-refractivity contribution in [3.63, 3.8) is 0 Å². The van der Waals surface area contributed by atoms with Crippen LogP contribution < -0.4 is 5.32 Å². The van der Waals surface area contributed by atoms with Gasteiger partial charge in [-0.25, -0.2) is 9.78 Å². The number of carbonyl (C=O) groups excluding carboxylic acids is 2. The van der Waals surface area contributed by atoms with Crippen LogP contribution in [-0.2, 0) is 16.0 Å². The number of anilines is 1. The molecule has 0 atom stereocenters. The number of nitrogens with one attached hydrogen (secondary N) is 1. The normalized spacial score (nSPS) is 13.8. The van der Waals surface area contributed by atoms with Gasteiger partial charge < -0.3 is 14.5 Å². The van der Waals surface area contributed by atoms with Crippen molar-refractivity contribution in [2.24, 2.45) is 0 Å². The smallest absolute Gasteiger partial charge is 0.339 e. The van der Waals surface area contributed by atoms with E-state index in [-0.39, 0.29) is 12.5 Å². The van der Waals surface area contributed by atoms with Gasteiger partial charge in [0.25, 0.3) is 5.91 Å². The number of carbonyl (C=O) groups is 2. The molecule has 0 unspecified atom stereocenters. The fourth-order valence-corrected chi connectivity index (χ4v) is 4.50. The lowest BCUT2D eigenvalue weighted by molar-refractivity contribution is -0.119. The average Bonchev–Trinajstić information content (AvgIpc) is 3.46. The SMILES string of the molecule is Cc1cc(C)cc(NC(=O)COC(=O)c2c3c(nc4ccccc24)C(=Cc2ccco2)CC3)c1. The molecule has 4 aromatic rings. The van der Waals surface area contributed by atoms with E-state index in [9.17, 15) is 9.59 Å². The van der Waals surface area contributed by atoms with Crippen molar-refractivity contribution >= 4 is 40.1 Å². The lowest BCUT2D eigenvalue weighted by Crippen LogP contribution is -2.22. The van der Waals surface area contributed by atoms with E-state index in [1.165, 1.54) is 0 Å². The first-order valence-corrected chi connectivity index (χ1v) is 11.2. The first kappa shape index (κ1) is 21.6. The molecule has 2 aromatic heterocycles. The Morgan fingerprint density at radius 3 is 2.62 bits per heavy atom. The number of nitrogens with zero attached hydrogens (tertiary/aromatic N) is 1. The van der Waals surface area contributed by atoms with E-state index in [1.807, 2.05) is 74.5 Å². The minimum absolute atomic E-state index is 0.369. The number of para-hydroxylation sites is 1. The molecule has 0 radical (unpaired) electrons. The molecule has 0 saturated heterocycles. The van der Waals surface area contributed by atoms with Crippen LogP contribution in [0.4, 0.5) is 5.69 Å². The maximum absolute atomic E-state index is 13.2. The van der Waals surface area contributed by atoms with Crippen LogP contribution in [0.5, 0.6) is 0 Å². The highest BCUT2D eigenvalue weighted by atomic mass is 16.5. The summed E-state index contributed by atoms with van der Waals surface area (Å²) in [5, 5.41) is 3.53. The lowest BCUT2D eigenvalue weighted by atomic mass is 10.0. The molecule has 1 N–H and O–H groups in total. The molecule has 1 aliphatic rings. The maximum Gasteiger partial charge on any atom is 0.339 e. The van der Waals surface area contributed by atoms with Crippen LogP contribution >= 0.6 is 0 Å². The van der Waals surface area contributed by atoms with Gasteiger partial charge in [0, 0.05) is 11.1 Å². The highest BCUT2D eigenvalue weighted by Gasteiger charge is 2.28. The third-order valence-corrected chi connectivity index (χ3v) is 5.85. The van der Waals surface area contributed by atoms with Crippen molar-refractivity contribution in [1.82, 2.24) is 4.98 Å². The second-order valence-corrected chi connectivity index (χ2v) is 8.52. The van der Waals surface area contributed by atoms with Crippen LogP contribution in [-0.4, -0.2) is 23.5 Å². The van der Waals surface area contributed by atoms with Gasteiger partial charge in [-0.15, -0.1) is 0 Å². The molecular formula is C28H24N2O4. The lowest BCUT2D eigenvalue weighted by Gasteiger charge is -2.13. The Morgan fingerprint density at radius 1 is 1.06 bits per heavy atom. The molecule has 0 aliphatic heterocycles. The van der Waals surface area contributed by atoms with E-state index >= 15 is 0 Å². The zero-order valence-corrected chi connectivity index (χ0v) is 19.1. The van der Waals surface area contributed by atoms with Gasteiger partial charge in [0.15, 0.2) is 6.61 Å². The summed E-state index contributed by atoms with van der Waals surface area (Å²) in [6.45, 7) is 3.56. The summed E-state index contributed by atoms with van der Waals surface area (Å²) in [6.07, 6.45) is 4.99. The summed E-state index contributed by atoms with van der Waals surface area (Å²) in [4.78, 5) is 30.5. The first-order chi connectivity index (χ1) is 16.5. The van der Waals surface area contributed by atoms with E-state index in [1.54, 1.807) is 6.26 Å². The number of ether oxygens (including phenoxy) is 1. The van der Waals surface area contributed by atoms with Gasteiger partial charge in [0.2, 0.25) is 0 Å². The monoisotopic (exact) mass is 452 g/mol. The predicted molar refractivity (Wildman–Crippen MR) is 131 cm³/mol. The molecule has 6 heteroatoms. The molecule has 0 spiro atoms. The van der Waals surface area contributed by atoms with Crippen LogP contribution in [0.15, 0.2) is 65.3 Å². The number of hydrogen-bond donors (Lipinski definition) is 1. The number of rotatable bonds is 5. The summed E-state index contributed by atoms with van der Waals surface area (Å²) in [5.74, 6) is -0.165. The number of fused-ring (bicyclic) bond motifs is 2. The summed E-state index contributed by atoms with van der Waals surface area (Å²) in [5.41, 5.74) is 6.59. The number of aromatic nitrogens is 1. The number of esters is 1. The molecule has 6 nitrogen and oxygen atoms in total. The Kier molecular flexibility index (Phi) is 5.72. The Bertz CT molecular complexity index is 1410. The molecule has 2 heterocycles. The van der Waals surface area contributed by atoms with Crippen molar-refractivity contribution < 1.29 is 18.7 Å². The average molecular weight is 453 g/mol. The summed E-state index contributed by atoms with van der Waals surface area (Å²) >= 11 is 0. The number of furan rings is 1. The molecule has 34 heavy (non-hydrogen) atoms. The Balaban J connectivity index is 1.42. The van der Waals surface area contributed by atoms with E-state index in [4.69, 9.17) is 14.1 Å². The predicted octanol–water partition coefficient (Wildman–Crippen LogP) is 5.73.